The number of hydrogen-bond acceptors (Lipinski definition) is 5. The van der Waals surface area contributed by atoms with E-state index in [1.54, 1.807) is 6.20 Å². The molecule has 0 aliphatic carbocycles. The minimum Gasteiger partial charge on any atom is -0.359 e. The molecule has 0 atom stereocenters. The Kier molecular flexibility index (Phi) is 4.76. The second kappa shape index (κ2) is 6.54. The summed E-state index contributed by atoms with van der Waals surface area (Å²) in [4.78, 5) is 11.3. The molecule has 20 heavy (non-hydrogen) atoms. The lowest BCUT2D eigenvalue weighted by Crippen LogP contribution is -2.22. The second-order valence-corrected chi connectivity index (χ2v) is 5.53. The van der Waals surface area contributed by atoms with Gasteiger partial charge in [-0.25, -0.2) is 0 Å². The van der Waals surface area contributed by atoms with Crippen LogP contribution < -0.4 is 10.2 Å². The molecule has 0 aliphatic heterocycles. The number of aromatic nitrogens is 4. The Hall–Kier alpha value is -1.85. The van der Waals surface area contributed by atoms with Crippen LogP contribution in [0.5, 0.6) is 0 Å². The molecule has 2 aromatic rings. The molecule has 0 unspecified atom stereocenters. The van der Waals surface area contributed by atoms with Crippen LogP contribution in [0.1, 0.15) is 33.6 Å². The molecule has 6 heteroatoms. The molecule has 110 valence electrons. The molecule has 0 aromatic carbocycles. The van der Waals surface area contributed by atoms with Crippen molar-refractivity contribution in [1.29, 1.82) is 0 Å². The van der Waals surface area contributed by atoms with Gasteiger partial charge in [-0.1, -0.05) is 20.8 Å². The largest absolute Gasteiger partial charge is 0.359 e. The number of hydrogen-bond donors (Lipinski definition) is 2. The topological polar surface area (TPSA) is 69.7 Å². The van der Waals surface area contributed by atoms with Crippen LogP contribution in [0.2, 0.25) is 0 Å². The van der Waals surface area contributed by atoms with E-state index in [1.807, 2.05) is 0 Å². The average molecular weight is 276 g/mol. The van der Waals surface area contributed by atoms with Gasteiger partial charge in [0.25, 0.3) is 0 Å². The van der Waals surface area contributed by atoms with Crippen LogP contribution in [-0.2, 0) is 0 Å². The molecule has 0 radical (unpaired) electrons. The van der Waals surface area contributed by atoms with Gasteiger partial charge in [-0.15, -0.1) is 0 Å². The third-order valence-corrected chi connectivity index (χ3v) is 3.23. The van der Waals surface area contributed by atoms with Gasteiger partial charge in [0.1, 0.15) is 5.82 Å². The quantitative estimate of drug-likeness (QED) is 0.813. The Labute approximate surface area is 120 Å². The van der Waals surface area contributed by atoms with Crippen LogP contribution in [-0.4, -0.2) is 40.3 Å². The number of rotatable bonds is 7. The molecule has 0 aliphatic rings. The van der Waals surface area contributed by atoms with E-state index in [2.05, 4.69) is 58.2 Å². The smallest absolute Gasteiger partial charge is 0.226 e. The van der Waals surface area contributed by atoms with Crippen LogP contribution in [0, 0.1) is 5.92 Å². The SMILES string of the molecule is CCCNc1nc(N(C)CCC(C)C)c2cn[nH]c2n1. The summed E-state index contributed by atoms with van der Waals surface area (Å²) in [6.07, 6.45) is 3.97. The minimum atomic E-state index is 0.662. The monoisotopic (exact) mass is 276 g/mol. The number of aromatic amines is 1. The Bertz CT molecular complexity index is 548. The van der Waals surface area contributed by atoms with Crippen LogP contribution in [0.25, 0.3) is 11.0 Å². The molecule has 0 spiro atoms. The van der Waals surface area contributed by atoms with Crippen molar-refractivity contribution in [2.24, 2.45) is 5.92 Å². The predicted octanol–water partition coefficient (Wildman–Crippen LogP) is 2.66. The highest BCUT2D eigenvalue weighted by Crippen LogP contribution is 2.23. The summed E-state index contributed by atoms with van der Waals surface area (Å²) in [5, 5.41) is 11.2. The molecule has 0 fully saturated rings. The summed E-state index contributed by atoms with van der Waals surface area (Å²) in [6.45, 7) is 8.43. The van der Waals surface area contributed by atoms with Gasteiger partial charge >= 0.3 is 0 Å². The summed E-state index contributed by atoms with van der Waals surface area (Å²) >= 11 is 0. The van der Waals surface area contributed by atoms with E-state index in [0.717, 1.165) is 42.8 Å². The highest BCUT2D eigenvalue weighted by atomic mass is 15.2. The van der Waals surface area contributed by atoms with Crippen molar-refractivity contribution in [2.75, 3.05) is 30.4 Å². The maximum absolute atomic E-state index is 4.63. The van der Waals surface area contributed by atoms with Gasteiger partial charge in [-0.05, 0) is 18.8 Å². The Morgan fingerprint density at radius 2 is 2.15 bits per heavy atom. The predicted molar refractivity (Wildman–Crippen MR) is 83.2 cm³/mol. The van der Waals surface area contributed by atoms with Gasteiger partial charge in [0, 0.05) is 20.1 Å². The molecule has 2 rings (SSSR count). The third-order valence-electron chi connectivity index (χ3n) is 3.23. The van der Waals surface area contributed by atoms with Gasteiger partial charge in [0.15, 0.2) is 5.65 Å². The van der Waals surface area contributed by atoms with Crippen molar-refractivity contribution in [2.45, 2.75) is 33.6 Å². The van der Waals surface area contributed by atoms with E-state index >= 15 is 0 Å². The summed E-state index contributed by atoms with van der Waals surface area (Å²) < 4.78 is 0. The number of nitrogens with zero attached hydrogens (tertiary/aromatic N) is 4. The van der Waals surface area contributed by atoms with E-state index < -0.39 is 0 Å². The Balaban J connectivity index is 2.26. The minimum absolute atomic E-state index is 0.662. The molecular formula is C14H24N6. The highest BCUT2D eigenvalue weighted by molar-refractivity contribution is 5.87. The van der Waals surface area contributed by atoms with Gasteiger partial charge in [-0.3, -0.25) is 5.10 Å². The average Bonchev–Trinajstić information content (AvgIpc) is 2.89. The molecule has 0 amide bonds. The van der Waals surface area contributed by atoms with Crippen molar-refractivity contribution in [3.8, 4) is 0 Å². The highest BCUT2D eigenvalue weighted by Gasteiger charge is 2.13. The zero-order valence-electron chi connectivity index (χ0n) is 12.8. The van der Waals surface area contributed by atoms with Crippen LogP contribution in [0.15, 0.2) is 6.20 Å². The van der Waals surface area contributed by atoms with Crippen LogP contribution in [0.3, 0.4) is 0 Å². The van der Waals surface area contributed by atoms with E-state index in [9.17, 15) is 0 Å². The normalized spacial score (nSPS) is 11.2. The second-order valence-electron chi connectivity index (χ2n) is 5.53. The van der Waals surface area contributed by atoms with Crippen LogP contribution in [0.4, 0.5) is 11.8 Å². The summed E-state index contributed by atoms with van der Waals surface area (Å²) in [5.74, 6) is 2.27. The maximum Gasteiger partial charge on any atom is 0.226 e. The molecular weight excluding hydrogens is 252 g/mol. The fourth-order valence-electron chi connectivity index (χ4n) is 1.98. The number of anilines is 2. The van der Waals surface area contributed by atoms with E-state index in [1.165, 1.54) is 0 Å². The van der Waals surface area contributed by atoms with Crippen molar-refractivity contribution in [1.82, 2.24) is 20.2 Å². The molecule has 6 nitrogen and oxygen atoms in total. The van der Waals surface area contributed by atoms with Crippen molar-refractivity contribution < 1.29 is 0 Å². The maximum atomic E-state index is 4.63. The fraction of sp³-hybridized carbons (Fsp3) is 0.643. The molecule has 2 N–H and O–H groups in total. The molecule has 0 saturated carbocycles. The Morgan fingerprint density at radius 1 is 1.35 bits per heavy atom. The number of fused-ring (bicyclic) bond motifs is 1. The van der Waals surface area contributed by atoms with Crippen molar-refractivity contribution >= 4 is 22.8 Å². The first kappa shape index (κ1) is 14.6. The lowest BCUT2D eigenvalue weighted by atomic mass is 10.1. The number of H-pyrrole nitrogens is 1. The lowest BCUT2D eigenvalue weighted by Gasteiger charge is -2.20. The molecule has 2 aromatic heterocycles. The first-order valence-electron chi connectivity index (χ1n) is 7.28. The molecule has 0 bridgehead atoms. The first-order chi connectivity index (χ1) is 9.61. The number of nitrogens with one attached hydrogen (secondary N) is 2. The van der Waals surface area contributed by atoms with Crippen LogP contribution >= 0.6 is 0 Å². The van der Waals surface area contributed by atoms with Gasteiger partial charge in [0.05, 0.1) is 11.6 Å². The van der Waals surface area contributed by atoms with E-state index in [4.69, 9.17) is 0 Å². The van der Waals surface area contributed by atoms with Gasteiger partial charge in [-0.2, -0.15) is 15.1 Å². The fourth-order valence-corrected chi connectivity index (χ4v) is 1.98. The summed E-state index contributed by atoms with van der Waals surface area (Å²) in [6, 6.07) is 0. The van der Waals surface area contributed by atoms with Gasteiger partial charge < -0.3 is 10.2 Å². The molecule has 0 saturated heterocycles. The summed E-state index contributed by atoms with van der Waals surface area (Å²) in [5.41, 5.74) is 0.782. The third kappa shape index (κ3) is 3.37. The zero-order valence-corrected chi connectivity index (χ0v) is 12.8. The summed E-state index contributed by atoms with van der Waals surface area (Å²) in [7, 11) is 2.07. The Morgan fingerprint density at radius 3 is 2.85 bits per heavy atom. The van der Waals surface area contributed by atoms with E-state index in [-0.39, 0.29) is 0 Å². The first-order valence-corrected chi connectivity index (χ1v) is 7.28. The molecule has 2 heterocycles. The van der Waals surface area contributed by atoms with Crippen molar-refractivity contribution in [3.05, 3.63) is 6.20 Å². The zero-order chi connectivity index (χ0) is 14.5. The van der Waals surface area contributed by atoms with E-state index in [0.29, 0.717) is 11.9 Å². The standard InChI is InChI=1S/C14H24N6/c1-5-7-15-14-17-12-11(9-16-19-12)13(18-14)20(4)8-6-10(2)3/h9-10H,5-8H2,1-4H3,(H2,15,16,17,18,19). The lowest BCUT2D eigenvalue weighted by molar-refractivity contribution is 0.584. The van der Waals surface area contributed by atoms with Gasteiger partial charge in [0.2, 0.25) is 5.95 Å². The van der Waals surface area contributed by atoms with Crippen molar-refractivity contribution in [3.63, 3.8) is 0 Å².